The maximum atomic E-state index is 12.3. The normalized spacial score (nSPS) is 10.7. The molecule has 0 heterocycles. The summed E-state index contributed by atoms with van der Waals surface area (Å²) in [5.41, 5.74) is 6.57. The van der Waals surface area contributed by atoms with Gasteiger partial charge in [0.15, 0.2) is 0 Å². The predicted octanol–water partition coefficient (Wildman–Crippen LogP) is 4.79. The average Bonchev–Trinajstić information content (AvgIpc) is 2.49. The number of amides is 1. The number of rotatable bonds is 5. The highest BCUT2D eigenvalue weighted by molar-refractivity contribution is 5.95. The van der Waals surface area contributed by atoms with Crippen molar-refractivity contribution in [3.63, 3.8) is 0 Å². The largest absolute Gasteiger partial charge is 0.376 e. The molecular weight excluding hydrogens is 284 g/mol. The summed E-state index contributed by atoms with van der Waals surface area (Å²) in [6, 6.07) is 12.3. The lowest BCUT2D eigenvalue weighted by Crippen LogP contribution is -2.23. The number of carbonyl (C=O) groups excluding carboxylic acids is 1. The van der Waals surface area contributed by atoms with Gasteiger partial charge in [0.1, 0.15) is 0 Å². The molecule has 2 rings (SSSR count). The molecule has 0 radical (unpaired) electrons. The molecule has 0 unspecified atom stereocenters. The average molecular weight is 310 g/mol. The molecule has 0 saturated carbocycles. The van der Waals surface area contributed by atoms with Crippen LogP contribution in [0.15, 0.2) is 36.4 Å². The zero-order chi connectivity index (χ0) is 17.0. The van der Waals surface area contributed by atoms with Crippen LogP contribution < -0.4 is 10.6 Å². The van der Waals surface area contributed by atoms with Crippen LogP contribution in [-0.4, -0.2) is 12.5 Å². The maximum Gasteiger partial charge on any atom is 0.243 e. The minimum atomic E-state index is -0.0291. The first kappa shape index (κ1) is 17.1. The molecule has 2 aromatic rings. The van der Waals surface area contributed by atoms with Crippen molar-refractivity contribution < 1.29 is 4.79 Å². The minimum Gasteiger partial charge on any atom is -0.376 e. The second-order valence-electron chi connectivity index (χ2n) is 6.42. The Morgan fingerprint density at radius 1 is 1.04 bits per heavy atom. The van der Waals surface area contributed by atoms with Gasteiger partial charge in [0, 0.05) is 11.4 Å². The highest BCUT2D eigenvalue weighted by Gasteiger charge is 2.10. The molecule has 2 aromatic carbocycles. The lowest BCUT2D eigenvalue weighted by Gasteiger charge is -2.16. The zero-order valence-electron chi connectivity index (χ0n) is 14.7. The molecule has 0 saturated heterocycles. The summed E-state index contributed by atoms with van der Waals surface area (Å²) >= 11 is 0. The van der Waals surface area contributed by atoms with Gasteiger partial charge in [0.2, 0.25) is 5.91 Å². The molecule has 3 nitrogen and oxygen atoms in total. The minimum absolute atomic E-state index is 0.0291. The fourth-order valence-electron chi connectivity index (χ4n) is 2.90. The summed E-state index contributed by atoms with van der Waals surface area (Å²) in [6.45, 7) is 10.7. The number of carbonyl (C=O) groups is 1. The lowest BCUT2D eigenvalue weighted by atomic mass is 10.0. The van der Waals surface area contributed by atoms with Gasteiger partial charge in [-0.25, -0.2) is 0 Å². The van der Waals surface area contributed by atoms with Gasteiger partial charge in [-0.1, -0.05) is 49.7 Å². The Morgan fingerprint density at radius 2 is 1.65 bits per heavy atom. The zero-order valence-corrected chi connectivity index (χ0v) is 14.7. The summed E-state index contributed by atoms with van der Waals surface area (Å²) in [6.07, 6.45) is 0. The van der Waals surface area contributed by atoms with Crippen LogP contribution >= 0.6 is 0 Å². The molecule has 1 amide bonds. The van der Waals surface area contributed by atoms with Crippen LogP contribution in [0.25, 0.3) is 0 Å². The summed E-state index contributed by atoms with van der Waals surface area (Å²) in [7, 11) is 0. The number of nitrogens with one attached hydrogen (secondary N) is 2. The third-order valence-corrected chi connectivity index (χ3v) is 3.96. The van der Waals surface area contributed by atoms with Crippen LogP contribution in [-0.2, 0) is 4.79 Å². The first-order valence-electron chi connectivity index (χ1n) is 8.09. The van der Waals surface area contributed by atoms with Crippen LogP contribution in [0.4, 0.5) is 11.4 Å². The van der Waals surface area contributed by atoms with E-state index in [0.717, 1.165) is 22.5 Å². The molecule has 0 atom stereocenters. The molecule has 0 aliphatic heterocycles. The van der Waals surface area contributed by atoms with Crippen LogP contribution in [0.3, 0.4) is 0 Å². The van der Waals surface area contributed by atoms with E-state index in [1.165, 1.54) is 11.1 Å². The van der Waals surface area contributed by atoms with Gasteiger partial charge in [-0.2, -0.15) is 0 Å². The third kappa shape index (κ3) is 4.35. The van der Waals surface area contributed by atoms with Crippen LogP contribution in [0.2, 0.25) is 0 Å². The van der Waals surface area contributed by atoms with Crippen LogP contribution in [0.1, 0.15) is 42.0 Å². The van der Waals surface area contributed by atoms with Crippen molar-refractivity contribution in [3.8, 4) is 0 Å². The first-order valence-corrected chi connectivity index (χ1v) is 8.09. The Hall–Kier alpha value is -2.29. The molecule has 2 N–H and O–H groups in total. The number of hydrogen-bond acceptors (Lipinski definition) is 2. The topological polar surface area (TPSA) is 41.1 Å². The van der Waals surface area contributed by atoms with E-state index in [9.17, 15) is 4.79 Å². The van der Waals surface area contributed by atoms with Gasteiger partial charge in [0.25, 0.3) is 0 Å². The van der Waals surface area contributed by atoms with Crippen molar-refractivity contribution in [2.75, 3.05) is 17.2 Å². The van der Waals surface area contributed by atoms with Crippen molar-refractivity contribution in [1.82, 2.24) is 0 Å². The Kier molecular flexibility index (Phi) is 5.43. The lowest BCUT2D eigenvalue weighted by molar-refractivity contribution is -0.114. The molecule has 0 aliphatic carbocycles. The Labute approximate surface area is 139 Å². The molecule has 122 valence electrons. The molecule has 0 spiro atoms. The standard InChI is InChI=1S/C20H26N2O/c1-13(2)17-8-6-7-9-18(17)21-12-19(23)22-20-15(4)10-14(3)11-16(20)5/h6-11,13,21H,12H2,1-5H3,(H,22,23). The smallest absolute Gasteiger partial charge is 0.243 e. The number of aryl methyl sites for hydroxylation is 3. The number of benzene rings is 2. The third-order valence-electron chi connectivity index (χ3n) is 3.96. The summed E-state index contributed by atoms with van der Waals surface area (Å²) < 4.78 is 0. The second kappa shape index (κ2) is 7.32. The highest BCUT2D eigenvalue weighted by Crippen LogP contribution is 2.24. The predicted molar refractivity (Wildman–Crippen MR) is 98.3 cm³/mol. The molecule has 0 bridgehead atoms. The molecule has 0 aromatic heterocycles. The molecular formula is C20H26N2O. The SMILES string of the molecule is Cc1cc(C)c(NC(=O)CNc2ccccc2C(C)C)c(C)c1. The van der Waals surface area contributed by atoms with E-state index in [0.29, 0.717) is 5.92 Å². The fourth-order valence-corrected chi connectivity index (χ4v) is 2.90. The van der Waals surface area contributed by atoms with Gasteiger partial charge in [-0.3, -0.25) is 4.79 Å². The van der Waals surface area contributed by atoms with E-state index in [1.807, 2.05) is 32.0 Å². The van der Waals surface area contributed by atoms with Crippen LogP contribution in [0.5, 0.6) is 0 Å². The quantitative estimate of drug-likeness (QED) is 0.834. The van der Waals surface area contributed by atoms with Crippen molar-refractivity contribution in [2.24, 2.45) is 0 Å². The van der Waals surface area contributed by atoms with Crippen molar-refractivity contribution in [3.05, 3.63) is 58.7 Å². The van der Waals surface area contributed by atoms with E-state index < -0.39 is 0 Å². The number of anilines is 2. The first-order chi connectivity index (χ1) is 10.9. The van der Waals surface area contributed by atoms with Crippen molar-refractivity contribution in [2.45, 2.75) is 40.5 Å². The van der Waals surface area contributed by atoms with Crippen molar-refractivity contribution >= 4 is 17.3 Å². The number of para-hydroxylation sites is 1. The van der Waals surface area contributed by atoms with Crippen molar-refractivity contribution in [1.29, 1.82) is 0 Å². The van der Waals surface area contributed by atoms with Gasteiger partial charge in [-0.15, -0.1) is 0 Å². The van der Waals surface area contributed by atoms with E-state index in [-0.39, 0.29) is 12.5 Å². The van der Waals surface area contributed by atoms with Gasteiger partial charge < -0.3 is 10.6 Å². The second-order valence-corrected chi connectivity index (χ2v) is 6.42. The Balaban J connectivity index is 2.04. The molecule has 3 heteroatoms. The molecule has 0 fully saturated rings. The summed E-state index contributed by atoms with van der Waals surface area (Å²) in [5.74, 6) is 0.391. The van der Waals surface area contributed by atoms with Gasteiger partial charge >= 0.3 is 0 Å². The van der Waals surface area contributed by atoms with E-state index >= 15 is 0 Å². The summed E-state index contributed by atoms with van der Waals surface area (Å²) in [4.78, 5) is 12.3. The van der Waals surface area contributed by atoms with E-state index in [1.54, 1.807) is 0 Å². The van der Waals surface area contributed by atoms with Gasteiger partial charge in [-0.05, 0) is 49.4 Å². The van der Waals surface area contributed by atoms with E-state index in [4.69, 9.17) is 0 Å². The fraction of sp³-hybridized carbons (Fsp3) is 0.350. The molecule has 0 aliphatic rings. The highest BCUT2D eigenvalue weighted by atomic mass is 16.1. The summed E-state index contributed by atoms with van der Waals surface area (Å²) in [5, 5.41) is 6.28. The maximum absolute atomic E-state index is 12.3. The monoisotopic (exact) mass is 310 g/mol. The van der Waals surface area contributed by atoms with Crippen LogP contribution in [0, 0.1) is 20.8 Å². The molecule has 23 heavy (non-hydrogen) atoms. The Bertz CT molecular complexity index is 682. The number of hydrogen-bond donors (Lipinski definition) is 2. The van der Waals surface area contributed by atoms with Gasteiger partial charge in [0.05, 0.1) is 6.54 Å². The van der Waals surface area contributed by atoms with E-state index in [2.05, 4.69) is 49.6 Å². The Morgan fingerprint density at radius 3 is 2.26 bits per heavy atom.